The third-order valence-electron chi connectivity index (χ3n) is 5.91. The summed E-state index contributed by atoms with van der Waals surface area (Å²) in [6.07, 6.45) is 7.68. The molecular weight excluding hydrogens is 408 g/mol. The van der Waals surface area contributed by atoms with Crippen LogP contribution in [-0.4, -0.2) is 0 Å². The number of hydrogen-bond acceptors (Lipinski definition) is 1. The molecule has 0 N–H and O–H groups in total. The van der Waals surface area contributed by atoms with E-state index < -0.39 is 0 Å². The van der Waals surface area contributed by atoms with Crippen LogP contribution in [0.1, 0.15) is 12.0 Å². The van der Waals surface area contributed by atoms with Crippen LogP contribution in [0.3, 0.4) is 0 Å². The predicted molar refractivity (Wildman–Crippen MR) is 120 cm³/mol. The molecule has 134 valence electrons. The number of fused-ring (bicyclic) bond motifs is 5. The van der Waals surface area contributed by atoms with E-state index in [2.05, 4.69) is 94.8 Å². The van der Waals surface area contributed by atoms with Gasteiger partial charge >= 0.3 is 0 Å². The molecular formula is C26H17BrO. The number of benzene rings is 3. The van der Waals surface area contributed by atoms with Crippen molar-refractivity contribution in [2.24, 2.45) is 5.92 Å². The van der Waals surface area contributed by atoms with Gasteiger partial charge in [0.1, 0.15) is 11.2 Å². The summed E-state index contributed by atoms with van der Waals surface area (Å²) < 4.78 is 7.59. The van der Waals surface area contributed by atoms with Gasteiger partial charge in [-0.3, -0.25) is 0 Å². The van der Waals surface area contributed by atoms with Gasteiger partial charge in [0.05, 0.1) is 0 Å². The zero-order chi connectivity index (χ0) is 18.7. The molecule has 0 saturated heterocycles. The van der Waals surface area contributed by atoms with Gasteiger partial charge in [0, 0.05) is 26.7 Å². The fraction of sp³-hybridized carbons (Fsp3) is 0.0769. The van der Waals surface area contributed by atoms with Gasteiger partial charge in [-0.1, -0.05) is 78.9 Å². The van der Waals surface area contributed by atoms with E-state index in [1.807, 2.05) is 6.07 Å². The lowest BCUT2D eigenvalue weighted by Gasteiger charge is -2.28. The van der Waals surface area contributed by atoms with E-state index in [1.54, 1.807) is 0 Å². The first-order valence-electron chi connectivity index (χ1n) is 9.60. The Balaban J connectivity index is 1.79. The second-order valence-electron chi connectivity index (χ2n) is 7.39. The molecule has 0 bridgehead atoms. The quantitative estimate of drug-likeness (QED) is 0.376. The maximum absolute atomic E-state index is 6.38. The van der Waals surface area contributed by atoms with Gasteiger partial charge in [0.25, 0.3) is 0 Å². The second kappa shape index (κ2) is 6.08. The van der Waals surface area contributed by atoms with Crippen molar-refractivity contribution in [3.8, 4) is 0 Å². The van der Waals surface area contributed by atoms with Crippen LogP contribution in [0.4, 0.5) is 0 Å². The highest BCUT2D eigenvalue weighted by atomic mass is 79.9. The molecule has 0 amide bonds. The van der Waals surface area contributed by atoms with E-state index in [0.717, 1.165) is 17.6 Å². The summed E-state index contributed by atoms with van der Waals surface area (Å²) in [6, 6.07) is 23.5. The molecule has 0 saturated carbocycles. The van der Waals surface area contributed by atoms with Gasteiger partial charge in [-0.05, 0) is 50.0 Å². The van der Waals surface area contributed by atoms with Crippen molar-refractivity contribution in [1.29, 1.82) is 0 Å². The number of furan rings is 1. The van der Waals surface area contributed by atoms with Crippen molar-refractivity contribution in [2.45, 2.75) is 6.42 Å². The molecule has 1 atom stereocenters. The van der Waals surface area contributed by atoms with E-state index in [0.29, 0.717) is 5.92 Å². The summed E-state index contributed by atoms with van der Waals surface area (Å²) in [7, 11) is 0. The summed E-state index contributed by atoms with van der Waals surface area (Å²) >= 11 is 3.88. The highest BCUT2D eigenvalue weighted by molar-refractivity contribution is 9.15. The standard InChI is InChI=1S/C26H17BrO/c27-25-19-11-3-1-9-17(19)24(18-10-2-4-12-20(18)25)22-14-7-13-21-16-8-5-6-15-23(16)28-26(21)22/h1-9,11-15,18H,10H2. The first-order chi connectivity index (χ1) is 13.8. The van der Waals surface area contributed by atoms with Crippen LogP contribution >= 0.6 is 15.9 Å². The highest BCUT2D eigenvalue weighted by Gasteiger charge is 2.29. The molecule has 0 radical (unpaired) electrons. The van der Waals surface area contributed by atoms with Gasteiger partial charge in [0.15, 0.2) is 0 Å². The maximum atomic E-state index is 6.38. The van der Waals surface area contributed by atoms with E-state index >= 15 is 0 Å². The average molecular weight is 425 g/mol. The van der Waals surface area contributed by atoms with Crippen molar-refractivity contribution < 1.29 is 4.42 Å². The Hall–Kier alpha value is -2.84. The lowest BCUT2D eigenvalue weighted by Crippen LogP contribution is -2.36. The van der Waals surface area contributed by atoms with Crippen LogP contribution < -0.4 is 10.4 Å². The summed E-state index contributed by atoms with van der Waals surface area (Å²) in [6.45, 7) is 0. The molecule has 2 aliphatic rings. The van der Waals surface area contributed by atoms with Crippen LogP contribution in [0.2, 0.25) is 0 Å². The Kier molecular flexibility index (Phi) is 3.51. The lowest BCUT2D eigenvalue weighted by molar-refractivity contribution is 0.666. The fourth-order valence-corrected chi connectivity index (χ4v) is 5.43. The summed E-state index contributed by atoms with van der Waals surface area (Å²) in [4.78, 5) is 0. The van der Waals surface area contributed by atoms with E-state index in [9.17, 15) is 0 Å². The summed E-state index contributed by atoms with van der Waals surface area (Å²) in [5, 5.41) is 4.91. The molecule has 0 spiro atoms. The monoisotopic (exact) mass is 424 g/mol. The normalized spacial score (nSPS) is 18.3. The molecule has 1 unspecified atom stereocenters. The molecule has 1 nitrogen and oxygen atoms in total. The molecule has 2 aliphatic carbocycles. The Labute approximate surface area is 171 Å². The Morgan fingerprint density at radius 3 is 2.54 bits per heavy atom. The number of halogens is 1. The van der Waals surface area contributed by atoms with Gasteiger partial charge < -0.3 is 4.42 Å². The zero-order valence-electron chi connectivity index (χ0n) is 15.2. The van der Waals surface area contributed by atoms with Crippen LogP contribution in [0.5, 0.6) is 0 Å². The van der Waals surface area contributed by atoms with Crippen LogP contribution in [0.15, 0.2) is 94.9 Å². The Bertz CT molecular complexity index is 1450. The number of para-hydroxylation sites is 2. The predicted octanol–water partition coefficient (Wildman–Crippen LogP) is 5.80. The number of rotatable bonds is 1. The third kappa shape index (κ3) is 2.18. The first-order valence-corrected chi connectivity index (χ1v) is 10.4. The minimum atomic E-state index is 0.327. The van der Waals surface area contributed by atoms with Gasteiger partial charge in [-0.25, -0.2) is 0 Å². The topological polar surface area (TPSA) is 13.1 Å². The van der Waals surface area contributed by atoms with Crippen LogP contribution in [0, 0.1) is 5.92 Å². The second-order valence-corrected chi connectivity index (χ2v) is 8.19. The molecule has 4 aromatic rings. The Morgan fingerprint density at radius 2 is 1.61 bits per heavy atom. The van der Waals surface area contributed by atoms with Crippen LogP contribution in [-0.2, 0) is 0 Å². The molecule has 0 aliphatic heterocycles. The fourth-order valence-electron chi connectivity index (χ4n) is 4.67. The highest BCUT2D eigenvalue weighted by Crippen LogP contribution is 2.42. The summed E-state index contributed by atoms with van der Waals surface area (Å²) in [5.74, 6) is 0.327. The van der Waals surface area contributed by atoms with Crippen molar-refractivity contribution >= 4 is 47.9 Å². The minimum Gasteiger partial charge on any atom is -0.455 e. The lowest BCUT2D eigenvalue weighted by atomic mass is 9.77. The number of allylic oxidation sites excluding steroid dienone is 4. The van der Waals surface area contributed by atoms with Crippen molar-refractivity contribution in [3.05, 3.63) is 107 Å². The average Bonchev–Trinajstić information content (AvgIpc) is 3.14. The molecule has 3 aromatic carbocycles. The van der Waals surface area contributed by atoms with Gasteiger partial charge in [0.2, 0.25) is 0 Å². The minimum absolute atomic E-state index is 0.327. The molecule has 28 heavy (non-hydrogen) atoms. The molecule has 1 aromatic heterocycles. The van der Waals surface area contributed by atoms with E-state index in [-0.39, 0.29) is 0 Å². The van der Waals surface area contributed by atoms with E-state index in [1.165, 1.54) is 42.4 Å². The largest absolute Gasteiger partial charge is 0.455 e. The third-order valence-corrected chi connectivity index (χ3v) is 6.79. The molecule has 2 heteroatoms. The maximum Gasteiger partial charge on any atom is 0.142 e. The SMILES string of the molecule is BrC1=c2ccccc2=C(c2cccc3c2oc2ccccc23)C2CC=CC=C12. The zero-order valence-corrected chi connectivity index (χ0v) is 16.7. The molecule has 6 rings (SSSR count). The molecule has 0 fully saturated rings. The van der Waals surface area contributed by atoms with Crippen molar-refractivity contribution in [2.75, 3.05) is 0 Å². The van der Waals surface area contributed by atoms with Crippen LogP contribution in [0.25, 0.3) is 32.0 Å². The number of hydrogen-bond donors (Lipinski definition) is 0. The molecule has 1 heterocycles. The first kappa shape index (κ1) is 16.1. The van der Waals surface area contributed by atoms with Crippen molar-refractivity contribution in [1.82, 2.24) is 0 Å². The van der Waals surface area contributed by atoms with Gasteiger partial charge in [-0.2, -0.15) is 0 Å². The Morgan fingerprint density at radius 1 is 0.821 bits per heavy atom. The smallest absolute Gasteiger partial charge is 0.142 e. The van der Waals surface area contributed by atoms with Crippen molar-refractivity contribution in [3.63, 3.8) is 0 Å². The summed E-state index contributed by atoms with van der Waals surface area (Å²) in [5.41, 5.74) is 5.85. The van der Waals surface area contributed by atoms with Gasteiger partial charge in [-0.15, -0.1) is 0 Å². The van der Waals surface area contributed by atoms with E-state index in [4.69, 9.17) is 4.42 Å².